The van der Waals surface area contributed by atoms with Crippen LogP contribution in [0.1, 0.15) is 5.56 Å². The average Bonchev–Trinajstić information content (AvgIpc) is 2.44. The third-order valence-electron chi connectivity index (χ3n) is 3.10. The Bertz CT molecular complexity index is 762. The first kappa shape index (κ1) is 14.4. The molecule has 0 radical (unpaired) electrons. The Morgan fingerprint density at radius 1 is 1.24 bits per heavy atom. The van der Waals surface area contributed by atoms with E-state index in [2.05, 4.69) is 0 Å². The molecule has 1 aromatic heterocycles. The maximum Gasteiger partial charge on any atom is 0.308 e. The molecule has 1 heterocycles. The molecule has 0 atom stereocenters. The van der Waals surface area contributed by atoms with Gasteiger partial charge in [0.25, 0.3) is 11.2 Å². The molecule has 0 saturated heterocycles. The van der Waals surface area contributed by atoms with Gasteiger partial charge in [0.05, 0.1) is 17.0 Å². The van der Waals surface area contributed by atoms with Gasteiger partial charge in [0.1, 0.15) is 0 Å². The van der Waals surface area contributed by atoms with Gasteiger partial charge in [-0.1, -0.05) is 6.07 Å². The maximum absolute atomic E-state index is 12.1. The van der Waals surface area contributed by atoms with Gasteiger partial charge in [-0.2, -0.15) is 0 Å². The number of nitrogens with zero attached hydrogens (tertiary/aromatic N) is 2. The minimum atomic E-state index is -1.07. The van der Waals surface area contributed by atoms with E-state index in [9.17, 15) is 19.7 Å². The number of carbonyl (C=O) groups is 1. The summed E-state index contributed by atoms with van der Waals surface area (Å²) in [5.41, 5.74) is 0.960. The van der Waals surface area contributed by atoms with Gasteiger partial charge in [0.2, 0.25) is 0 Å². The molecule has 1 aromatic carbocycles. The van der Waals surface area contributed by atoms with Gasteiger partial charge in [0, 0.05) is 24.7 Å². The molecule has 2 aromatic rings. The fraction of sp³-hybridized carbons (Fsp3) is 0.143. The molecule has 0 aliphatic heterocycles. The summed E-state index contributed by atoms with van der Waals surface area (Å²) >= 11 is 0. The second-order valence-electron chi connectivity index (χ2n) is 4.48. The third kappa shape index (κ3) is 2.97. The number of aliphatic carboxylic acids is 1. The van der Waals surface area contributed by atoms with Crippen LogP contribution in [0.25, 0.3) is 11.3 Å². The Morgan fingerprint density at radius 2 is 1.86 bits per heavy atom. The minimum Gasteiger partial charge on any atom is -0.481 e. The highest BCUT2D eigenvalue weighted by Gasteiger charge is 2.11. The number of benzene rings is 1. The van der Waals surface area contributed by atoms with Gasteiger partial charge >= 0.3 is 5.97 Å². The predicted molar refractivity (Wildman–Crippen MR) is 75.1 cm³/mol. The van der Waals surface area contributed by atoms with Crippen molar-refractivity contribution >= 4 is 11.7 Å². The van der Waals surface area contributed by atoms with Crippen LogP contribution in [0.15, 0.2) is 41.2 Å². The minimum absolute atomic E-state index is 0.0359. The number of aromatic nitrogens is 1. The van der Waals surface area contributed by atoms with Crippen LogP contribution < -0.4 is 5.56 Å². The van der Waals surface area contributed by atoms with E-state index < -0.39 is 16.5 Å². The van der Waals surface area contributed by atoms with Gasteiger partial charge in [-0.05, 0) is 23.8 Å². The van der Waals surface area contributed by atoms with Crippen molar-refractivity contribution in [1.29, 1.82) is 0 Å². The van der Waals surface area contributed by atoms with E-state index in [0.29, 0.717) is 11.3 Å². The lowest BCUT2D eigenvalue weighted by molar-refractivity contribution is -0.384. The van der Waals surface area contributed by atoms with E-state index in [4.69, 9.17) is 5.11 Å². The molecule has 0 saturated carbocycles. The van der Waals surface area contributed by atoms with E-state index >= 15 is 0 Å². The topological polar surface area (TPSA) is 102 Å². The molecule has 0 aliphatic carbocycles. The molecule has 0 aliphatic rings. The smallest absolute Gasteiger partial charge is 0.308 e. The number of carboxylic acid groups (broad SMARTS) is 1. The zero-order valence-corrected chi connectivity index (χ0v) is 11.1. The lowest BCUT2D eigenvalue weighted by Gasteiger charge is -2.09. The molecule has 7 heteroatoms. The van der Waals surface area contributed by atoms with Crippen molar-refractivity contribution in [2.24, 2.45) is 7.05 Å². The fourth-order valence-corrected chi connectivity index (χ4v) is 2.03. The van der Waals surface area contributed by atoms with Gasteiger partial charge in [-0.25, -0.2) is 0 Å². The van der Waals surface area contributed by atoms with Crippen LogP contribution in [0, 0.1) is 10.1 Å². The van der Waals surface area contributed by atoms with Crippen LogP contribution >= 0.6 is 0 Å². The highest BCUT2D eigenvalue weighted by Crippen LogP contribution is 2.21. The number of rotatable bonds is 4. The molecule has 0 spiro atoms. The van der Waals surface area contributed by atoms with E-state index in [-0.39, 0.29) is 17.7 Å². The van der Waals surface area contributed by atoms with Crippen LogP contribution in [-0.2, 0) is 18.3 Å². The number of hydrogen-bond acceptors (Lipinski definition) is 4. The van der Waals surface area contributed by atoms with Gasteiger partial charge in [-0.3, -0.25) is 19.7 Å². The van der Waals surface area contributed by atoms with Crippen molar-refractivity contribution in [3.8, 4) is 11.3 Å². The summed E-state index contributed by atoms with van der Waals surface area (Å²) < 4.78 is 1.33. The number of non-ortho nitro benzene ring substituents is 1. The summed E-state index contributed by atoms with van der Waals surface area (Å²) in [6.07, 6.45) is -0.340. The Kier molecular flexibility index (Phi) is 3.84. The molecule has 1 N–H and O–H groups in total. The zero-order chi connectivity index (χ0) is 15.6. The van der Waals surface area contributed by atoms with E-state index in [0.717, 1.165) is 0 Å². The van der Waals surface area contributed by atoms with Crippen LogP contribution in [0.5, 0.6) is 0 Å². The average molecular weight is 288 g/mol. The van der Waals surface area contributed by atoms with Crippen LogP contribution in [0.3, 0.4) is 0 Å². The number of pyridine rings is 1. The molecule has 2 rings (SSSR count). The Balaban J connectivity index is 2.45. The van der Waals surface area contributed by atoms with Gasteiger partial charge < -0.3 is 9.67 Å². The molecule has 21 heavy (non-hydrogen) atoms. The van der Waals surface area contributed by atoms with Gasteiger partial charge in [-0.15, -0.1) is 0 Å². The summed E-state index contributed by atoms with van der Waals surface area (Å²) in [6.45, 7) is 0. The summed E-state index contributed by atoms with van der Waals surface area (Å²) in [7, 11) is 1.53. The SMILES string of the molecule is Cn1c(-c2ccc([N+](=O)[O-])cc2)ccc(CC(=O)O)c1=O. The second kappa shape index (κ2) is 5.58. The molecule has 108 valence electrons. The van der Waals surface area contributed by atoms with Crippen LogP contribution in [0.4, 0.5) is 5.69 Å². The summed E-state index contributed by atoms with van der Waals surface area (Å²) in [6, 6.07) is 8.89. The number of nitro benzene ring substituents is 1. The first-order chi connectivity index (χ1) is 9.90. The number of carboxylic acids is 1. The largest absolute Gasteiger partial charge is 0.481 e. The van der Waals surface area contributed by atoms with Crippen molar-refractivity contribution in [2.45, 2.75) is 6.42 Å². The second-order valence-corrected chi connectivity index (χ2v) is 4.48. The van der Waals surface area contributed by atoms with Crippen molar-refractivity contribution in [2.75, 3.05) is 0 Å². The number of nitro groups is 1. The van der Waals surface area contributed by atoms with Crippen molar-refractivity contribution in [3.63, 3.8) is 0 Å². The molecule has 0 fully saturated rings. The molecule has 7 nitrogen and oxygen atoms in total. The Labute approximate surface area is 119 Å². The first-order valence-electron chi connectivity index (χ1n) is 6.05. The van der Waals surface area contributed by atoms with E-state index in [1.165, 1.54) is 29.8 Å². The first-order valence-corrected chi connectivity index (χ1v) is 6.05. The van der Waals surface area contributed by atoms with Crippen LogP contribution in [-0.4, -0.2) is 20.6 Å². The quantitative estimate of drug-likeness (QED) is 0.679. The van der Waals surface area contributed by atoms with E-state index in [1.807, 2.05) is 0 Å². The van der Waals surface area contributed by atoms with Crippen molar-refractivity contribution in [3.05, 3.63) is 62.4 Å². The highest BCUT2D eigenvalue weighted by atomic mass is 16.6. The summed E-state index contributed by atoms with van der Waals surface area (Å²) in [5.74, 6) is -1.07. The van der Waals surface area contributed by atoms with E-state index in [1.54, 1.807) is 18.2 Å². The Morgan fingerprint density at radius 3 is 2.38 bits per heavy atom. The van der Waals surface area contributed by atoms with Crippen LogP contribution in [0.2, 0.25) is 0 Å². The Hall–Kier alpha value is -2.96. The normalized spacial score (nSPS) is 10.3. The molecule has 0 unspecified atom stereocenters. The molecule has 0 amide bonds. The number of hydrogen-bond donors (Lipinski definition) is 1. The predicted octanol–water partition coefficient (Wildman–Crippen LogP) is 1.59. The summed E-state index contributed by atoms with van der Waals surface area (Å²) in [5, 5.41) is 19.4. The highest BCUT2D eigenvalue weighted by molar-refractivity contribution is 5.70. The zero-order valence-electron chi connectivity index (χ0n) is 11.1. The fourth-order valence-electron chi connectivity index (χ4n) is 2.03. The lowest BCUT2D eigenvalue weighted by atomic mass is 10.1. The van der Waals surface area contributed by atoms with Crippen molar-refractivity contribution < 1.29 is 14.8 Å². The molecular weight excluding hydrogens is 276 g/mol. The lowest BCUT2D eigenvalue weighted by Crippen LogP contribution is -2.23. The summed E-state index contributed by atoms with van der Waals surface area (Å²) in [4.78, 5) is 32.9. The van der Waals surface area contributed by atoms with Crippen molar-refractivity contribution in [1.82, 2.24) is 4.57 Å². The molecule has 0 bridgehead atoms. The molecular formula is C14H12N2O5. The maximum atomic E-state index is 12.1. The standard InChI is InChI=1S/C14H12N2O5/c1-15-12(7-4-10(14(15)19)8-13(17)18)9-2-5-11(6-3-9)16(20)21/h2-7H,8H2,1H3,(H,17,18). The monoisotopic (exact) mass is 288 g/mol. The third-order valence-corrected chi connectivity index (χ3v) is 3.10. The van der Waals surface area contributed by atoms with Gasteiger partial charge in [0.15, 0.2) is 0 Å².